The Morgan fingerprint density at radius 1 is 1.00 bits per heavy atom. The van der Waals surface area contributed by atoms with Crippen molar-refractivity contribution in [3.63, 3.8) is 0 Å². The number of nitrogens with one attached hydrogen (secondary N) is 1. The second-order valence-electron chi connectivity index (χ2n) is 5.94. The van der Waals surface area contributed by atoms with E-state index >= 15 is 0 Å². The largest absolute Gasteiger partial charge is 0.325 e. The van der Waals surface area contributed by atoms with E-state index in [4.69, 9.17) is 0 Å². The Balaban J connectivity index is 1.62. The van der Waals surface area contributed by atoms with E-state index in [9.17, 15) is 14.4 Å². The van der Waals surface area contributed by atoms with Crippen LogP contribution in [0.15, 0.2) is 54.6 Å². The van der Waals surface area contributed by atoms with Gasteiger partial charge < -0.3 is 15.1 Å². The van der Waals surface area contributed by atoms with Gasteiger partial charge in [0.05, 0.1) is 0 Å². The second-order valence-corrected chi connectivity index (χ2v) is 5.94. The van der Waals surface area contributed by atoms with Crippen molar-refractivity contribution in [1.82, 2.24) is 4.90 Å². The van der Waals surface area contributed by atoms with Crippen LogP contribution in [-0.4, -0.2) is 42.3 Å². The molecule has 0 bridgehead atoms. The molecule has 0 aromatic heterocycles. The van der Waals surface area contributed by atoms with Crippen molar-refractivity contribution in [2.45, 2.75) is 6.92 Å². The molecular weight excluding hydrogens is 318 g/mol. The Hall–Kier alpha value is -3.15. The molecule has 128 valence electrons. The number of carbonyl (C=O) groups is 3. The topological polar surface area (TPSA) is 69.7 Å². The summed E-state index contributed by atoms with van der Waals surface area (Å²) in [4.78, 5) is 39.5. The lowest BCUT2D eigenvalue weighted by Crippen LogP contribution is -2.56. The van der Waals surface area contributed by atoms with Gasteiger partial charge in [0.2, 0.25) is 5.91 Å². The number of para-hydroxylation sites is 1. The molecule has 3 amide bonds. The lowest BCUT2D eigenvalue weighted by Gasteiger charge is -2.33. The van der Waals surface area contributed by atoms with Crippen LogP contribution in [-0.2, 0) is 14.4 Å². The summed E-state index contributed by atoms with van der Waals surface area (Å²) in [7, 11) is 0. The number of benzene rings is 2. The monoisotopic (exact) mass is 337 g/mol. The first-order valence-electron chi connectivity index (χ1n) is 8.07. The van der Waals surface area contributed by atoms with Crippen molar-refractivity contribution >= 4 is 29.1 Å². The fourth-order valence-electron chi connectivity index (χ4n) is 2.78. The van der Waals surface area contributed by atoms with Crippen molar-refractivity contribution in [3.8, 4) is 0 Å². The highest BCUT2D eigenvalue weighted by molar-refractivity contribution is 6.41. The van der Waals surface area contributed by atoms with E-state index in [1.165, 1.54) is 9.80 Å². The average Bonchev–Trinajstić information content (AvgIpc) is 2.60. The molecule has 3 rings (SSSR count). The molecule has 1 saturated heterocycles. The van der Waals surface area contributed by atoms with Crippen LogP contribution in [0.5, 0.6) is 0 Å². The summed E-state index contributed by atoms with van der Waals surface area (Å²) >= 11 is 0. The zero-order chi connectivity index (χ0) is 17.8. The predicted octanol–water partition coefficient (Wildman–Crippen LogP) is 1.81. The zero-order valence-electron chi connectivity index (χ0n) is 13.9. The fourth-order valence-corrected chi connectivity index (χ4v) is 2.78. The van der Waals surface area contributed by atoms with Gasteiger partial charge in [0.1, 0.15) is 6.54 Å². The van der Waals surface area contributed by atoms with Crippen LogP contribution in [0.25, 0.3) is 0 Å². The molecule has 1 N–H and O–H groups in total. The molecule has 1 aliphatic heterocycles. The number of nitrogens with zero attached hydrogens (tertiary/aromatic N) is 2. The summed E-state index contributed by atoms with van der Waals surface area (Å²) in [6.45, 7) is 2.48. The van der Waals surface area contributed by atoms with Crippen molar-refractivity contribution in [1.29, 1.82) is 0 Å². The third-order valence-electron chi connectivity index (χ3n) is 4.01. The molecule has 1 aliphatic rings. The minimum absolute atomic E-state index is 0.138. The number of anilines is 2. The number of aryl methyl sites for hydroxylation is 1. The van der Waals surface area contributed by atoms with E-state index in [2.05, 4.69) is 5.32 Å². The molecule has 2 aromatic rings. The summed E-state index contributed by atoms with van der Waals surface area (Å²) in [6, 6.07) is 16.4. The van der Waals surface area contributed by atoms with Gasteiger partial charge in [-0.25, -0.2) is 0 Å². The Labute approximate surface area is 146 Å². The lowest BCUT2D eigenvalue weighted by molar-refractivity contribution is -0.147. The first-order chi connectivity index (χ1) is 12.0. The number of rotatable bonds is 4. The fraction of sp³-hybridized carbons (Fsp3) is 0.211. The highest BCUT2D eigenvalue weighted by atomic mass is 16.2. The maximum atomic E-state index is 12.3. The van der Waals surface area contributed by atoms with Gasteiger partial charge in [0.25, 0.3) is 0 Å². The Morgan fingerprint density at radius 3 is 2.48 bits per heavy atom. The molecule has 1 heterocycles. The van der Waals surface area contributed by atoms with Crippen LogP contribution in [0.3, 0.4) is 0 Å². The second kappa shape index (κ2) is 7.17. The lowest BCUT2D eigenvalue weighted by atomic mass is 10.2. The van der Waals surface area contributed by atoms with Gasteiger partial charge in [0.15, 0.2) is 0 Å². The SMILES string of the molecule is Cc1cccc(NC(=O)CN2CCN(c3ccccc3)C(=O)C2=O)c1. The van der Waals surface area contributed by atoms with Crippen LogP contribution in [0, 0.1) is 6.92 Å². The van der Waals surface area contributed by atoms with Gasteiger partial charge >= 0.3 is 11.8 Å². The van der Waals surface area contributed by atoms with Gasteiger partial charge in [-0.15, -0.1) is 0 Å². The van der Waals surface area contributed by atoms with Crippen LogP contribution in [0.1, 0.15) is 5.56 Å². The van der Waals surface area contributed by atoms with Gasteiger partial charge in [-0.3, -0.25) is 14.4 Å². The number of hydrogen-bond acceptors (Lipinski definition) is 3. The van der Waals surface area contributed by atoms with Crippen LogP contribution >= 0.6 is 0 Å². The number of piperazine rings is 1. The van der Waals surface area contributed by atoms with Crippen molar-refractivity contribution in [2.75, 3.05) is 29.9 Å². The molecule has 0 spiro atoms. The Bertz CT molecular complexity index is 805. The minimum Gasteiger partial charge on any atom is -0.325 e. The predicted molar refractivity (Wildman–Crippen MR) is 95.2 cm³/mol. The third kappa shape index (κ3) is 3.85. The van der Waals surface area contributed by atoms with Gasteiger partial charge in [-0.2, -0.15) is 0 Å². The summed E-state index contributed by atoms with van der Waals surface area (Å²) < 4.78 is 0. The minimum atomic E-state index is -0.658. The first kappa shape index (κ1) is 16.7. The first-order valence-corrected chi connectivity index (χ1v) is 8.07. The van der Waals surface area contributed by atoms with E-state index in [1.807, 2.05) is 43.3 Å². The van der Waals surface area contributed by atoms with Crippen LogP contribution < -0.4 is 10.2 Å². The number of hydrogen-bond donors (Lipinski definition) is 1. The quantitative estimate of drug-likeness (QED) is 0.865. The Morgan fingerprint density at radius 2 is 1.76 bits per heavy atom. The molecule has 0 radical (unpaired) electrons. The summed E-state index contributed by atoms with van der Waals surface area (Å²) in [6.07, 6.45) is 0. The van der Waals surface area contributed by atoms with Crippen LogP contribution in [0.4, 0.5) is 11.4 Å². The van der Waals surface area contributed by atoms with Gasteiger partial charge in [-0.1, -0.05) is 30.3 Å². The highest BCUT2D eigenvalue weighted by Crippen LogP contribution is 2.17. The molecule has 6 heteroatoms. The zero-order valence-corrected chi connectivity index (χ0v) is 13.9. The molecule has 0 unspecified atom stereocenters. The molecule has 1 fully saturated rings. The maximum absolute atomic E-state index is 12.3. The normalized spacial score (nSPS) is 14.6. The molecule has 6 nitrogen and oxygen atoms in total. The average molecular weight is 337 g/mol. The maximum Gasteiger partial charge on any atom is 0.316 e. The van der Waals surface area contributed by atoms with E-state index in [0.29, 0.717) is 24.5 Å². The highest BCUT2D eigenvalue weighted by Gasteiger charge is 2.34. The van der Waals surface area contributed by atoms with Gasteiger partial charge in [-0.05, 0) is 36.8 Å². The molecule has 0 saturated carbocycles. The summed E-state index contributed by atoms with van der Waals surface area (Å²) in [5.74, 6) is -1.59. The van der Waals surface area contributed by atoms with E-state index in [-0.39, 0.29) is 12.5 Å². The standard InChI is InChI=1S/C19H19N3O3/c1-14-6-5-7-15(12-14)20-17(23)13-21-10-11-22(19(25)18(21)24)16-8-3-2-4-9-16/h2-9,12H,10-11,13H2,1H3,(H,20,23). The molecule has 0 atom stereocenters. The molecular formula is C19H19N3O3. The number of amides is 3. The van der Waals surface area contributed by atoms with Crippen molar-refractivity contribution in [3.05, 3.63) is 60.2 Å². The smallest absolute Gasteiger partial charge is 0.316 e. The van der Waals surface area contributed by atoms with Crippen molar-refractivity contribution in [2.24, 2.45) is 0 Å². The molecule has 25 heavy (non-hydrogen) atoms. The van der Waals surface area contributed by atoms with E-state index < -0.39 is 11.8 Å². The third-order valence-corrected chi connectivity index (χ3v) is 4.01. The Kier molecular flexibility index (Phi) is 4.79. The summed E-state index contributed by atoms with van der Waals surface area (Å²) in [5.41, 5.74) is 2.39. The van der Waals surface area contributed by atoms with E-state index in [1.54, 1.807) is 18.2 Å². The molecule has 2 aromatic carbocycles. The van der Waals surface area contributed by atoms with E-state index in [0.717, 1.165) is 5.56 Å². The van der Waals surface area contributed by atoms with Crippen LogP contribution in [0.2, 0.25) is 0 Å². The van der Waals surface area contributed by atoms with Crippen molar-refractivity contribution < 1.29 is 14.4 Å². The summed E-state index contributed by atoms with van der Waals surface area (Å²) in [5, 5.41) is 2.75. The van der Waals surface area contributed by atoms with Gasteiger partial charge in [0, 0.05) is 24.5 Å². The number of carbonyl (C=O) groups excluding carboxylic acids is 3. The molecule has 0 aliphatic carbocycles.